The van der Waals surface area contributed by atoms with E-state index in [2.05, 4.69) is 98.5 Å². The zero-order chi connectivity index (χ0) is 17.3. The van der Waals surface area contributed by atoms with E-state index in [1.807, 2.05) is 6.20 Å². The number of thiol groups is 1. The van der Waals surface area contributed by atoms with Gasteiger partial charge in [0.15, 0.2) is 0 Å². The van der Waals surface area contributed by atoms with Crippen molar-refractivity contribution in [1.29, 1.82) is 0 Å². The molecular weight excluding hydrogens is 312 g/mol. The molecule has 1 atom stereocenters. The molecule has 0 saturated carbocycles. The highest BCUT2D eigenvalue weighted by atomic mass is 32.1. The Morgan fingerprint density at radius 3 is 1.79 bits per heavy atom. The number of rotatable bonds is 4. The Bertz CT molecular complexity index is 812. The quantitative estimate of drug-likeness (QED) is 0.590. The van der Waals surface area contributed by atoms with Gasteiger partial charge in [-0.1, -0.05) is 62.4 Å². The maximum atomic E-state index is 4.55. The first-order chi connectivity index (χ1) is 11.5. The van der Waals surface area contributed by atoms with E-state index in [4.69, 9.17) is 0 Å². The minimum absolute atomic E-state index is 0.265. The van der Waals surface area contributed by atoms with Crippen molar-refractivity contribution in [3.8, 4) is 22.4 Å². The van der Waals surface area contributed by atoms with Gasteiger partial charge in [0, 0.05) is 18.2 Å². The minimum Gasteiger partial charge on any atom is -0.331 e. The van der Waals surface area contributed by atoms with Gasteiger partial charge in [-0.3, -0.25) is 0 Å². The molecule has 2 aromatic carbocycles. The molecule has 2 nitrogen and oxygen atoms in total. The van der Waals surface area contributed by atoms with Crippen LogP contribution < -0.4 is 0 Å². The zero-order valence-electron chi connectivity index (χ0n) is 14.7. The molecule has 3 aromatic rings. The van der Waals surface area contributed by atoms with Crippen molar-refractivity contribution in [3.05, 3.63) is 66.1 Å². The number of hydrogen-bond donors (Lipinski definition) is 1. The highest BCUT2D eigenvalue weighted by molar-refractivity contribution is 7.80. The van der Waals surface area contributed by atoms with Crippen LogP contribution in [0, 0.1) is 0 Å². The van der Waals surface area contributed by atoms with E-state index in [0.717, 1.165) is 11.5 Å². The van der Waals surface area contributed by atoms with Crippen LogP contribution in [0.1, 0.15) is 43.3 Å². The molecule has 0 amide bonds. The second kappa shape index (κ2) is 6.86. The lowest BCUT2D eigenvalue weighted by molar-refractivity contribution is 0.714. The average molecular weight is 337 g/mol. The summed E-state index contributed by atoms with van der Waals surface area (Å²) in [6, 6.07) is 17.3. The summed E-state index contributed by atoms with van der Waals surface area (Å²) in [7, 11) is 2.09. The fourth-order valence-electron chi connectivity index (χ4n) is 3.02. The summed E-state index contributed by atoms with van der Waals surface area (Å²) < 4.78 is 2.18. The first-order valence-corrected chi connectivity index (χ1v) is 8.89. The van der Waals surface area contributed by atoms with Crippen LogP contribution in [-0.2, 0) is 7.05 Å². The number of hydrogen-bond acceptors (Lipinski definition) is 2. The van der Waals surface area contributed by atoms with Crippen LogP contribution in [0.25, 0.3) is 22.4 Å². The van der Waals surface area contributed by atoms with Gasteiger partial charge < -0.3 is 4.57 Å². The van der Waals surface area contributed by atoms with Gasteiger partial charge in [-0.15, -0.1) is 0 Å². The first-order valence-electron chi connectivity index (χ1n) is 8.38. The van der Waals surface area contributed by atoms with Crippen LogP contribution in [0.2, 0.25) is 0 Å². The number of nitrogens with zero attached hydrogens (tertiary/aromatic N) is 2. The molecule has 0 spiro atoms. The maximum absolute atomic E-state index is 4.55. The van der Waals surface area contributed by atoms with Crippen LogP contribution in [0.15, 0.2) is 54.7 Å². The molecule has 0 N–H and O–H groups in total. The van der Waals surface area contributed by atoms with Crippen LogP contribution in [0.5, 0.6) is 0 Å². The molecule has 3 heteroatoms. The van der Waals surface area contributed by atoms with E-state index >= 15 is 0 Å². The summed E-state index contributed by atoms with van der Waals surface area (Å²) in [6.45, 7) is 6.43. The zero-order valence-corrected chi connectivity index (χ0v) is 15.6. The summed E-state index contributed by atoms with van der Waals surface area (Å²) in [6.07, 6.45) is 1.97. The van der Waals surface area contributed by atoms with Crippen LogP contribution in [-0.4, -0.2) is 9.55 Å². The lowest BCUT2D eigenvalue weighted by Gasteiger charge is -2.10. The Hall–Kier alpha value is -2.00. The minimum atomic E-state index is 0.265. The topological polar surface area (TPSA) is 17.8 Å². The largest absolute Gasteiger partial charge is 0.331 e. The van der Waals surface area contributed by atoms with Gasteiger partial charge in [-0.25, -0.2) is 4.98 Å². The predicted octanol–water partition coefficient (Wildman–Crippen LogP) is 5.87. The average Bonchev–Trinajstić information content (AvgIpc) is 2.97. The molecular formula is C21H24N2S. The Morgan fingerprint density at radius 2 is 1.33 bits per heavy atom. The number of imidazole rings is 1. The van der Waals surface area contributed by atoms with Crippen molar-refractivity contribution in [1.82, 2.24) is 9.55 Å². The smallest absolute Gasteiger partial charge is 0.111 e. The van der Waals surface area contributed by atoms with Gasteiger partial charge in [-0.05, 0) is 29.2 Å². The second-order valence-electron chi connectivity index (χ2n) is 6.59. The number of benzene rings is 2. The standard InChI is InChI=1S/C21H24N2S/c1-14(2)21-22-13-20(23(21)4)19-11-9-18(10-12-19)17-7-5-16(6-8-17)15(3)24/h5-15,24H,1-4H3. The summed E-state index contributed by atoms with van der Waals surface area (Å²) in [5, 5.41) is 0.265. The highest BCUT2D eigenvalue weighted by Gasteiger charge is 2.11. The van der Waals surface area contributed by atoms with Gasteiger partial charge in [0.1, 0.15) is 5.82 Å². The molecule has 0 bridgehead atoms. The Morgan fingerprint density at radius 1 is 0.833 bits per heavy atom. The predicted molar refractivity (Wildman–Crippen MR) is 106 cm³/mol. The third-order valence-corrected chi connectivity index (χ3v) is 4.75. The van der Waals surface area contributed by atoms with Crippen LogP contribution in [0.3, 0.4) is 0 Å². The third kappa shape index (κ3) is 3.27. The third-order valence-electron chi connectivity index (χ3n) is 4.45. The summed E-state index contributed by atoms with van der Waals surface area (Å²) in [5.41, 5.74) is 6.05. The summed E-state index contributed by atoms with van der Waals surface area (Å²) in [4.78, 5) is 4.55. The molecule has 0 saturated heterocycles. The van der Waals surface area contributed by atoms with Crippen molar-refractivity contribution in [2.24, 2.45) is 7.05 Å². The van der Waals surface area contributed by atoms with Gasteiger partial charge in [0.2, 0.25) is 0 Å². The normalized spacial score (nSPS) is 12.6. The van der Waals surface area contributed by atoms with Gasteiger partial charge in [0.05, 0.1) is 11.9 Å². The molecule has 0 aliphatic carbocycles. The van der Waals surface area contributed by atoms with Crippen molar-refractivity contribution in [3.63, 3.8) is 0 Å². The Kier molecular flexibility index (Phi) is 4.81. The molecule has 124 valence electrons. The molecule has 1 aromatic heterocycles. The molecule has 3 rings (SSSR count). The fraction of sp³-hybridized carbons (Fsp3) is 0.286. The van der Waals surface area contributed by atoms with Gasteiger partial charge in [-0.2, -0.15) is 12.6 Å². The fourth-order valence-corrected chi connectivity index (χ4v) is 3.19. The van der Waals surface area contributed by atoms with Crippen molar-refractivity contribution in [2.75, 3.05) is 0 Å². The van der Waals surface area contributed by atoms with E-state index in [-0.39, 0.29) is 5.25 Å². The maximum Gasteiger partial charge on any atom is 0.111 e. The van der Waals surface area contributed by atoms with Crippen LogP contribution in [0.4, 0.5) is 0 Å². The molecule has 0 radical (unpaired) electrons. The van der Waals surface area contributed by atoms with E-state index in [0.29, 0.717) is 5.92 Å². The second-order valence-corrected chi connectivity index (χ2v) is 7.37. The number of aromatic nitrogens is 2. The summed E-state index contributed by atoms with van der Waals surface area (Å²) in [5.74, 6) is 1.54. The SMILES string of the molecule is CC(C)c1ncc(-c2ccc(-c3ccc(C(C)S)cc3)cc2)n1C. The lowest BCUT2D eigenvalue weighted by Crippen LogP contribution is -2.01. The van der Waals surface area contributed by atoms with Gasteiger partial charge in [0.25, 0.3) is 0 Å². The van der Waals surface area contributed by atoms with Crippen molar-refractivity contribution < 1.29 is 0 Å². The van der Waals surface area contributed by atoms with E-state index < -0.39 is 0 Å². The van der Waals surface area contributed by atoms with Crippen molar-refractivity contribution in [2.45, 2.75) is 31.9 Å². The monoisotopic (exact) mass is 336 g/mol. The molecule has 0 aliphatic rings. The Balaban J connectivity index is 1.88. The highest BCUT2D eigenvalue weighted by Crippen LogP contribution is 2.28. The van der Waals surface area contributed by atoms with Crippen molar-refractivity contribution >= 4 is 12.6 Å². The molecule has 0 aliphatic heterocycles. The molecule has 24 heavy (non-hydrogen) atoms. The Labute approximate surface area is 150 Å². The van der Waals surface area contributed by atoms with E-state index in [1.165, 1.54) is 22.3 Å². The molecule has 1 heterocycles. The van der Waals surface area contributed by atoms with Gasteiger partial charge >= 0.3 is 0 Å². The first kappa shape index (κ1) is 16.8. The lowest BCUT2D eigenvalue weighted by atomic mass is 10.0. The van der Waals surface area contributed by atoms with E-state index in [9.17, 15) is 0 Å². The summed E-state index contributed by atoms with van der Waals surface area (Å²) >= 11 is 4.48. The molecule has 0 fully saturated rings. The van der Waals surface area contributed by atoms with E-state index in [1.54, 1.807) is 0 Å². The molecule has 1 unspecified atom stereocenters. The van der Waals surface area contributed by atoms with Crippen LogP contribution >= 0.6 is 12.6 Å².